The maximum atomic E-state index is 12.1. The summed E-state index contributed by atoms with van der Waals surface area (Å²) in [5, 5.41) is 3.81. The standard InChI is InChI=1S/C14H21N3O2S/c1-3-20-13-8-11(4-5-15-13)14(18)16-9-12-10-17(2)6-7-19-12/h4-5,8,12H,3,6-7,9-10H2,1-2H3,(H,16,18)/t12-/m1/s1. The summed E-state index contributed by atoms with van der Waals surface area (Å²) in [6.07, 6.45) is 1.75. The fourth-order valence-electron chi connectivity index (χ4n) is 2.08. The van der Waals surface area contributed by atoms with E-state index in [2.05, 4.69) is 29.2 Å². The molecule has 0 aliphatic carbocycles. The van der Waals surface area contributed by atoms with E-state index in [-0.39, 0.29) is 12.0 Å². The van der Waals surface area contributed by atoms with Gasteiger partial charge < -0.3 is 15.0 Å². The lowest BCUT2D eigenvalue weighted by Crippen LogP contribution is -2.45. The highest BCUT2D eigenvalue weighted by molar-refractivity contribution is 7.99. The zero-order chi connectivity index (χ0) is 14.4. The van der Waals surface area contributed by atoms with Crippen molar-refractivity contribution in [1.82, 2.24) is 15.2 Å². The minimum absolute atomic E-state index is 0.0674. The van der Waals surface area contributed by atoms with Crippen molar-refractivity contribution < 1.29 is 9.53 Å². The van der Waals surface area contributed by atoms with Gasteiger partial charge in [0.05, 0.1) is 17.7 Å². The van der Waals surface area contributed by atoms with Crippen LogP contribution in [0.1, 0.15) is 17.3 Å². The molecule has 1 fully saturated rings. The van der Waals surface area contributed by atoms with Gasteiger partial charge >= 0.3 is 0 Å². The van der Waals surface area contributed by atoms with E-state index in [0.717, 1.165) is 30.5 Å². The molecule has 110 valence electrons. The average Bonchev–Trinajstić information content (AvgIpc) is 2.45. The number of hydrogen-bond donors (Lipinski definition) is 1. The SMILES string of the molecule is CCSc1cc(C(=O)NC[C@@H]2CN(C)CCO2)ccn1. The molecule has 1 atom stereocenters. The van der Waals surface area contributed by atoms with E-state index >= 15 is 0 Å². The summed E-state index contributed by atoms with van der Waals surface area (Å²) in [4.78, 5) is 18.5. The van der Waals surface area contributed by atoms with Crippen LogP contribution in [0.15, 0.2) is 23.4 Å². The first-order chi connectivity index (χ1) is 9.69. The number of rotatable bonds is 5. The van der Waals surface area contributed by atoms with Crippen molar-refractivity contribution in [1.29, 1.82) is 0 Å². The maximum Gasteiger partial charge on any atom is 0.251 e. The molecule has 2 rings (SSSR count). The van der Waals surface area contributed by atoms with Gasteiger partial charge in [-0.15, -0.1) is 11.8 Å². The van der Waals surface area contributed by atoms with Gasteiger partial charge in [0.15, 0.2) is 0 Å². The molecule has 1 N–H and O–H groups in total. The zero-order valence-electron chi connectivity index (χ0n) is 12.0. The molecule has 1 saturated heterocycles. The Morgan fingerprint density at radius 3 is 3.25 bits per heavy atom. The van der Waals surface area contributed by atoms with Crippen LogP contribution in [0, 0.1) is 0 Å². The van der Waals surface area contributed by atoms with Gasteiger partial charge in [-0.2, -0.15) is 0 Å². The molecular weight excluding hydrogens is 274 g/mol. The molecule has 20 heavy (non-hydrogen) atoms. The van der Waals surface area contributed by atoms with Crippen molar-refractivity contribution in [2.75, 3.05) is 39.0 Å². The summed E-state index contributed by atoms with van der Waals surface area (Å²) >= 11 is 1.63. The molecular formula is C14H21N3O2S. The summed E-state index contributed by atoms with van der Waals surface area (Å²) in [5.41, 5.74) is 0.653. The number of ether oxygens (including phenoxy) is 1. The number of morpholine rings is 1. The second kappa shape index (κ2) is 7.61. The average molecular weight is 295 g/mol. The van der Waals surface area contributed by atoms with Crippen LogP contribution in [0.2, 0.25) is 0 Å². The Balaban J connectivity index is 1.86. The largest absolute Gasteiger partial charge is 0.374 e. The lowest BCUT2D eigenvalue weighted by atomic mass is 10.2. The van der Waals surface area contributed by atoms with Crippen molar-refractivity contribution >= 4 is 17.7 Å². The molecule has 0 spiro atoms. The van der Waals surface area contributed by atoms with E-state index in [1.807, 2.05) is 6.07 Å². The Bertz CT molecular complexity index is 456. The molecule has 1 aromatic rings. The van der Waals surface area contributed by atoms with Gasteiger partial charge in [-0.05, 0) is 24.9 Å². The molecule has 0 bridgehead atoms. The number of amides is 1. The van der Waals surface area contributed by atoms with Crippen molar-refractivity contribution in [3.63, 3.8) is 0 Å². The number of nitrogens with zero attached hydrogens (tertiary/aromatic N) is 2. The number of pyridine rings is 1. The second-order valence-corrected chi connectivity index (χ2v) is 6.07. The molecule has 0 saturated carbocycles. The highest BCUT2D eigenvalue weighted by atomic mass is 32.2. The summed E-state index contributed by atoms with van der Waals surface area (Å²) in [5.74, 6) is 0.877. The molecule has 0 aromatic carbocycles. The van der Waals surface area contributed by atoms with E-state index in [0.29, 0.717) is 12.1 Å². The summed E-state index contributed by atoms with van der Waals surface area (Å²) in [7, 11) is 2.06. The zero-order valence-corrected chi connectivity index (χ0v) is 12.8. The molecule has 0 radical (unpaired) electrons. The predicted octanol–water partition coefficient (Wildman–Crippen LogP) is 1.25. The third-order valence-electron chi connectivity index (χ3n) is 3.12. The Labute approximate surface area is 124 Å². The van der Waals surface area contributed by atoms with Crippen LogP contribution in [0.4, 0.5) is 0 Å². The first kappa shape index (κ1) is 15.3. The quantitative estimate of drug-likeness (QED) is 0.829. The fraction of sp³-hybridized carbons (Fsp3) is 0.571. The number of likely N-dealkylation sites (N-methyl/N-ethyl adjacent to an activating group) is 1. The van der Waals surface area contributed by atoms with Crippen molar-refractivity contribution in [2.24, 2.45) is 0 Å². The topological polar surface area (TPSA) is 54.5 Å². The van der Waals surface area contributed by atoms with E-state index < -0.39 is 0 Å². The number of carbonyl (C=O) groups excluding carboxylic acids is 1. The smallest absolute Gasteiger partial charge is 0.251 e. The summed E-state index contributed by atoms with van der Waals surface area (Å²) in [6.45, 7) is 5.14. The third kappa shape index (κ3) is 4.47. The van der Waals surface area contributed by atoms with E-state index in [4.69, 9.17) is 4.74 Å². The molecule has 1 aliphatic heterocycles. The lowest BCUT2D eigenvalue weighted by molar-refractivity contribution is -0.0175. The highest BCUT2D eigenvalue weighted by Gasteiger charge is 2.18. The molecule has 1 aliphatic rings. The summed E-state index contributed by atoms with van der Waals surface area (Å²) < 4.78 is 5.62. The highest BCUT2D eigenvalue weighted by Crippen LogP contribution is 2.15. The predicted molar refractivity (Wildman–Crippen MR) is 80.2 cm³/mol. The molecule has 6 heteroatoms. The summed E-state index contributed by atoms with van der Waals surface area (Å²) in [6, 6.07) is 3.57. The van der Waals surface area contributed by atoms with Crippen molar-refractivity contribution in [3.05, 3.63) is 23.9 Å². The minimum Gasteiger partial charge on any atom is -0.374 e. The number of thioether (sulfide) groups is 1. The molecule has 5 nitrogen and oxygen atoms in total. The first-order valence-corrected chi connectivity index (χ1v) is 7.84. The second-order valence-electron chi connectivity index (χ2n) is 4.78. The normalized spacial score (nSPS) is 19.8. The van der Waals surface area contributed by atoms with E-state index in [1.165, 1.54) is 0 Å². The van der Waals surface area contributed by atoms with Crippen LogP contribution < -0.4 is 5.32 Å². The first-order valence-electron chi connectivity index (χ1n) is 6.86. The Hall–Kier alpha value is -1.11. The van der Waals surface area contributed by atoms with Gasteiger partial charge in [0.2, 0.25) is 0 Å². The van der Waals surface area contributed by atoms with Crippen LogP contribution in [0.3, 0.4) is 0 Å². The van der Waals surface area contributed by atoms with Crippen LogP contribution in [0.25, 0.3) is 0 Å². The van der Waals surface area contributed by atoms with Crippen LogP contribution in [0.5, 0.6) is 0 Å². The number of aromatic nitrogens is 1. The van der Waals surface area contributed by atoms with Gasteiger partial charge in [-0.25, -0.2) is 4.98 Å². The van der Waals surface area contributed by atoms with Crippen LogP contribution in [-0.2, 0) is 4.74 Å². The number of carbonyl (C=O) groups is 1. The van der Waals surface area contributed by atoms with Gasteiger partial charge in [-0.1, -0.05) is 6.92 Å². The number of nitrogens with one attached hydrogen (secondary N) is 1. The van der Waals surface area contributed by atoms with Gasteiger partial charge in [0, 0.05) is 31.4 Å². The minimum atomic E-state index is -0.0674. The monoisotopic (exact) mass is 295 g/mol. The van der Waals surface area contributed by atoms with Crippen LogP contribution >= 0.6 is 11.8 Å². The van der Waals surface area contributed by atoms with Crippen LogP contribution in [-0.4, -0.2) is 60.9 Å². The fourth-order valence-corrected chi connectivity index (χ4v) is 2.72. The Morgan fingerprint density at radius 1 is 1.65 bits per heavy atom. The van der Waals surface area contributed by atoms with Gasteiger partial charge in [-0.3, -0.25) is 4.79 Å². The van der Waals surface area contributed by atoms with Gasteiger partial charge in [0.1, 0.15) is 0 Å². The Morgan fingerprint density at radius 2 is 2.50 bits per heavy atom. The Kier molecular flexibility index (Phi) is 5.82. The van der Waals surface area contributed by atoms with Crippen molar-refractivity contribution in [2.45, 2.75) is 18.1 Å². The van der Waals surface area contributed by atoms with Gasteiger partial charge in [0.25, 0.3) is 5.91 Å². The molecule has 1 amide bonds. The van der Waals surface area contributed by atoms with E-state index in [9.17, 15) is 4.79 Å². The third-order valence-corrected chi connectivity index (χ3v) is 3.93. The molecule has 0 unspecified atom stereocenters. The number of hydrogen-bond acceptors (Lipinski definition) is 5. The lowest BCUT2D eigenvalue weighted by Gasteiger charge is -2.30. The maximum absolute atomic E-state index is 12.1. The van der Waals surface area contributed by atoms with E-state index in [1.54, 1.807) is 24.0 Å². The molecule has 1 aromatic heterocycles. The molecule has 2 heterocycles. The van der Waals surface area contributed by atoms with Crippen molar-refractivity contribution in [3.8, 4) is 0 Å².